The summed E-state index contributed by atoms with van der Waals surface area (Å²) in [5.74, 6) is -1.01. The molecule has 2 aliphatic rings. The minimum atomic E-state index is -1.01. The maximum atomic E-state index is 12.6. The van der Waals surface area contributed by atoms with Gasteiger partial charge in [0, 0.05) is 29.0 Å². The monoisotopic (exact) mass is 484 g/mol. The highest BCUT2D eigenvalue weighted by Gasteiger charge is 2.49. The minimum absolute atomic E-state index is 0.332. The number of rotatable bonds is 4. The smallest absolute Gasteiger partial charge is 0.410 e. The maximum Gasteiger partial charge on any atom is 0.410 e. The number of morpholine rings is 1. The van der Waals surface area contributed by atoms with Crippen LogP contribution in [0.2, 0.25) is 0 Å². The molecule has 1 N–H and O–H groups in total. The Morgan fingerprint density at radius 1 is 1.30 bits per heavy atom. The highest BCUT2D eigenvalue weighted by molar-refractivity contribution is 9.10. The molecule has 0 bridgehead atoms. The number of pyridine rings is 1. The molecule has 1 spiro atoms. The standard InChI is InChI=1S/C21H29BrN2O6/c1-19(2,3)30-18(27)24-10-11-28-20(14-24)5-7-21(8-6-20,29-13-17(25)26)15-4-9-23-12-16(15)22/h4,9,12H,5-8,10-11,13-14H2,1-3H3,(H,25,26). The van der Waals surface area contributed by atoms with Crippen molar-refractivity contribution >= 4 is 28.0 Å². The lowest BCUT2D eigenvalue weighted by Crippen LogP contribution is -2.57. The molecule has 8 nitrogen and oxygen atoms in total. The molecule has 2 heterocycles. The SMILES string of the molecule is CC(C)(C)OC(=O)N1CCOC2(CCC(OCC(=O)O)(c3ccncc3Br)CC2)C1. The van der Waals surface area contributed by atoms with E-state index in [9.17, 15) is 14.7 Å². The Morgan fingerprint density at radius 2 is 2.00 bits per heavy atom. The molecule has 9 heteroatoms. The number of carbonyl (C=O) groups is 2. The van der Waals surface area contributed by atoms with Gasteiger partial charge in [-0.1, -0.05) is 0 Å². The fourth-order valence-electron chi connectivity index (χ4n) is 4.18. The van der Waals surface area contributed by atoms with Gasteiger partial charge in [-0.2, -0.15) is 0 Å². The van der Waals surface area contributed by atoms with Crippen molar-refractivity contribution in [2.24, 2.45) is 0 Å². The Hall–Kier alpha value is -1.71. The van der Waals surface area contributed by atoms with Crippen LogP contribution >= 0.6 is 15.9 Å². The first-order chi connectivity index (χ1) is 14.0. The second kappa shape index (κ2) is 8.80. The molecule has 1 aliphatic heterocycles. The van der Waals surface area contributed by atoms with Crippen LogP contribution in [0.15, 0.2) is 22.9 Å². The Kier molecular flexibility index (Phi) is 6.74. The number of carboxylic acid groups (broad SMARTS) is 1. The zero-order valence-corrected chi connectivity index (χ0v) is 19.2. The Morgan fingerprint density at radius 3 is 2.60 bits per heavy atom. The summed E-state index contributed by atoms with van der Waals surface area (Å²) in [4.78, 5) is 29.6. The molecule has 0 unspecified atom stereocenters. The van der Waals surface area contributed by atoms with Crippen LogP contribution in [0.25, 0.3) is 0 Å². The van der Waals surface area contributed by atoms with Gasteiger partial charge in [-0.3, -0.25) is 4.98 Å². The van der Waals surface area contributed by atoms with Gasteiger partial charge in [0.2, 0.25) is 0 Å². The van der Waals surface area contributed by atoms with Gasteiger partial charge in [-0.15, -0.1) is 0 Å². The summed E-state index contributed by atoms with van der Waals surface area (Å²) in [6, 6.07) is 1.86. The molecule has 1 aromatic heterocycles. The topological polar surface area (TPSA) is 98.2 Å². The van der Waals surface area contributed by atoms with Gasteiger partial charge in [0.05, 0.1) is 24.4 Å². The third kappa shape index (κ3) is 5.31. The summed E-state index contributed by atoms with van der Waals surface area (Å²) >= 11 is 3.53. The number of aromatic nitrogens is 1. The summed E-state index contributed by atoms with van der Waals surface area (Å²) in [5.41, 5.74) is -0.899. The molecule has 2 fully saturated rings. The first kappa shape index (κ1) is 23.0. The lowest BCUT2D eigenvalue weighted by Gasteiger charge is -2.50. The molecule has 1 saturated heterocycles. The maximum absolute atomic E-state index is 12.6. The van der Waals surface area contributed by atoms with Crippen LogP contribution in [0, 0.1) is 0 Å². The number of aliphatic carboxylic acids is 1. The van der Waals surface area contributed by atoms with Crippen LogP contribution in [0.3, 0.4) is 0 Å². The van der Waals surface area contributed by atoms with E-state index in [1.54, 1.807) is 17.3 Å². The molecule has 1 aliphatic carbocycles. The lowest BCUT2D eigenvalue weighted by atomic mass is 9.72. The van der Waals surface area contributed by atoms with Crippen molar-refractivity contribution in [2.75, 3.05) is 26.3 Å². The molecule has 0 radical (unpaired) electrons. The van der Waals surface area contributed by atoms with E-state index in [1.807, 2.05) is 26.8 Å². The number of carboxylic acids is 1. The first-order valence-electron chi connectivity index (χ1n) is 10.1. The van der Waals surface area contributed by atoms with E-state index in [0.717, 1.165) is 10.0 Å². The molecule has 1 aromatic rings. The van der Waals surface area contributed by atoms with Crippen molar-refractivity contribution in [3.05, 3.63) is 28.5 Å². The largest absolute Gasteiger partial charge is 0.480 e. The van der Waals surface area contributed by atoms with Crippen molar-refractivity contribution in [1.29, 1.82) is 0 Å². The number of halogens is 1. The van der Waals surface area contributed by atoms with Crippen LogP contribution in [-0.4, -0.2) is 64.6 Å². The molecule has 1 saturated carbocycles. The summed E-state index contributed by atoms with van der Waals surface area (Å²) in [5, 5.41) is 9.17. The fourth-order valence-corrected chi connectivity index (χ4v) is 4.79. The van der Waals surface area contributed by atoms with E-state index < -0.39 is 22.8 Å². The second-order valence-corrected chi connectivity index (χ2v) is 9.82. The van der Waals surface area contributed by atoms with E-state index in [2.05, 4.69) is 20.9 Å². The predicted octanol–water partition coefficient (Wildman–Crippen LogP) is 3.72. The van der Waals surface area contributed by atoms with E-state index in [4.69, 9.17) is 14.2 Å². The number of carbonyl (C=O) groups excluding carboxylic acids is 1. The van der Waals surface area contributed by atoms with Gasteiger partial charge >= 0.3 is 12.1 Å². The fraction of sp³-hybridized carbons (Fsp3) is 0.667. The Labute approximate surface area is 185 Å². The van der Waals surface area contributed by atoms with Crippen molar-refractivity contribution in [3.63, 3.8) is 0 Å². The number of hydrogen-bond acceptors (Lipinski definition) is 6. The Balaban J connectivity index is 1.76. The normalized spacial score (nSPS) is 27.1. The third-order valence-corrected chi connectivity index (χ3v) is 6.24. The molecule has 0 aromatic carbocycles. The zero-order chi connectivity index (χ0) is 22.0. The van der Waals surface area contributed by atoms with E-state index in [0.29, 0.717) is 45.4 Å². The van der Waals surface area contributed by atoms with Crippen LogP contribution in [0.1, 0.15) is 52.0 Å². The van der Waals surface area contributed by atoms with Gasteiger partial charge < -0.3 is 24.2 Å². The zero-order valence-electron chi connectivity index (χ0n) is 17.6. The second-order valence-electron chi connectivity index (χ2n) is 8.97. The van der Waals surface area contributed by atoms with Crippen LogP contribution < -0.4 is 0 Å². The van der Waals surface area contributed by atoms with Crippen molar-refractivity contribution in [3.8, 4) is 0 Å². The van der Waals surface area contributed by atoms with Gasteiger partial charge in [0.1, 0.15) is 12.2 Å². The van der Waals surface area contributed by atoms with Crippen molar-refractivity contribution in [2.45, 2.75) is 63.3 Å². The lowest BCUT2D eigenvalue weighted by molar-refractivity contribution is -0.177. The van der Waals surface area contributed by atoms with Crippen LogP contribution in [0.5, 0.6) is 0 Å². The van der Waals surface area contributed by atoms with Gasteiger partial charge in [0.25, 0.3) is 0 Å². The van der Waals surface area contributed by atoms with Crippen molar-refractivity contribution < 1.29 is 28.9 Å². The highest BCUT2D eigenvalue weighted by atomic mass is 79.9. The number of nitrogens with zero attached hydrogens (tertiary/aromatic N) is 2. The molecule has 0 atom stereocenters. The predicted molar refractivity (Wildman–Crippen MR) is 112 cm³/mol. The number of ether oxygens (including phenoxy) is 3. The summed E-state index contributed by atoms with van der Waals surface area (Å²) in [7, 11) is 0. The van der Waals surface area contributed by atoms with E-state index in [1.165, 1.54) is 0 Å². The van der Waals surface area contributed by atoms with Crippen LogP contribution in [0.4, 0.5) is 4.79 Å². The van der Waals surface area contributed by atoms with E-state index >= 15 is 0 Å². The minimum Gasteiger partial charge on any atom is -0.480 e. The molecule has 3 rings (SSSR count). The highest BCUT2D eigenvalue weighted by Crippen LogP contribution is 2.48. The molecule has 1 amide bonds. The summed E-state index contributed by atoms with van der Waals surface area (Å²) in [6.45, 7) is 6.56. The van der Waals surface area contributed by atoms with Gasteiger partial charge in [-0.25, -0.2) is 9.59 Å². The van der Waals surface area contributed by atoms with Gasteiger partial charge in [-0.05, 0) is 68.5 Å². The number of hydrogen-bond donors (Lipinski definition) is 1. The Bertz CT molecular complexity index is 786. The molecular weight excluding hydrogens is 456 g/mol. The average Bonchev–Trinajstić information content (AvgIpc) is 2.67. The molecular formula is C21H29BrN2O6. The summed E-state index contributed by atoms with van der Waals surface area (Å²) in [6.07, 6.45) is 5.46. The number of amides is 1. The first-order valence-corrected chi connectivity index (χ1v) is 10.9. The van der Waals surface area contributed by atoms with Crippen LogP contribution in [-0.2, 0) is 24.6 Å². The third-order valence-electron chi connectivity index (χ3n) is 5.60. The van der Waals surface area contributed by atoms with Gasteiger partial charge in [0.15, 0.2) is 0 Å². The molecule has 30 heavy (non-hydrogen) atoms. The van der Waals surface area contributed by atoms with E-state index in [-0.39, 0.29) is 12.7 Å². The van der Waals surface area contributed by atoms with Crippen molar-refractivity contribution in [1.82, 2.24) is 9.88 Å². The summed E-state index contributed by atoms with van der Waals surface area (Å²) < 4.78 is 18.4. The average molecular weight is 485 g/mol. The quantitative estimate of drug-likeness (QED) is 0.694. The molecule has 166 valence electrons.